The van der Waals surface area contributed by atoms with Crippen LogP contribution in [0, 0.1) is 0 Å². The molecule has 1 amide bonds. The van der Waals surface area contributed by atoms with Crippen molar-refractivity contribution in [2.75, 3.05) is 13.1 Å². The Kier molecular flexibility index (Phi) is 6.42. The molecule has 1 aromatic carbocycles. The zero-order chi connectivity index (χ0) is 14.4. The van der Waals surface area contributed by atoms with Crippen LogP contribution in [0.3, 0.4) is 0 Å². The van der Waals surface area contributed by atoms with Gasteiger partial charge in [0.1, 0.15) is 5.75 Å². The number of amides is 1. The highest BCUT2D eigenvalue weighted by molar-refractivity contribution is 6.35. The zero-order valence-electron chi connectivity index (χ0n) is 11.0. The van der Waals surface area contributed by atoms with Crippen molar-refractivity contribution in [1.82, 2.24) is 5.32 Å². The van der Waals surface area contributed by atoms with E-state index in [4.69, 9.17) is 33.7 Å². The molecule has 4 nitrogen and oxygen atoms in total. The smallest absolute Gasteiger partial charge is 0.260 e. The van der Waals surface area contributed by atoms with Crippen LogP contribution >= 0.6 is 23.2 Å². The van der Waals surface area contributed by atoms with Gasteiger partial charge in [0.25, 0.3) is 5.91 Å². The molecule has 0 heterocycles. The summed E-state index contributed by atoms with van der Waals surface area (Å²) in [6, 6.07) is 3.34. The van der Waals surface area contributed by atoms with E-state index in [9.17, 15) is 4.79 Å². The van der Waals surface area contributed by atoms with Gasteiger partial charge < -0.3 is 15.8 Å². The van der Waals surface area contributed by atoms with Crippen LogP contribution in [0.15, 0.2) is 12.1 Å². The molecule has 1 aromatic rings. The molecule has 3 N–H and O–H groups in total. The maximum Gasteiger partial charge on any atom is 0.260 e. The van der Waals surface area contributed by atoms with Gasteiger partial charge in [-0.3, -0.25) is 4.79 Å². The van der Waals surface area contributed by atoms with Gasteiger partial charge in [0, 0.05) is 11.6 Å². The fraction of sp³-hybridized carbons (Fsp3) is 0.462. The SMILES string of the molecule is CCNC(=O)C(C)Oc1c(Cl)cc(Cl)cc1CCN. The maximum atomic E-state index is 11.7. The van der Waals surface area contributed by atoms with E-state index in [-0.39, 0.29) is 5.91 Å². The molecule has 0 radical (unpaired) electrons. The van der Waals surface area contributed by atoms with E-state index < -0.39 is 6.10 Å². The van der Waals surface area contributed by atoms with Gasteiger partial charge in [-0.05, 0) is 44.5 Å². The van der Waals surface area contributed by atoms with Gasteiger partial charge in [0.2, 0.25) is 0 Å². The Morgan fingerprint density at radius 3 is 2.74 bits per heavy atom. The monoisotopic (exact) mass is 304 g/mol. The number of benzene rings is 1. The summed E-state index contributed by atoms with van der Waals surface area (Å²) in [5, 5.41) is 3.59. The third-order valence-electron chi connectivity index (χ3n) is 2.51. The molecule has 0 spiro atoms. The van der Waals surface area contributed by atoms with Crippen molar-refractivity contribution >= 4 is 29.1 Å². The molecule has 0 aliphatic heterocycles. The molecule has 19 heavy (non-hydrogen) atoms. The first-order valence-corrected chi connectivity index (χ1v) is 6.87. The predicted molar refractivity (Wildman–Crippen MR) is 78.0 cm³/mol. The average Bonchev–Trinajstić information content (AvgIpc) is 2.33. The molecule has 0 saturated carbocycles. The number of hydrogen-bond donors (Lipinski definition) is 2. The number of halogens is 2. The quantitative estimate of drug-likeness (QED) is 0.848. The normalized spacial score (nSPS) is 12.1. The van der Waals surface area contributed by atoms with Crippen LogP contribution in [0.2, 0.25) is 10.0 Å². The van der Waals surface area contributed by atoms with Gasteiger partial charge in [-0.15, -0.1) is 0 Å². The van der Waals surface area contributed by atoms with Crippen molar-refractivity contribution in [1.29, 1.82) is 0 Å². The molecule has 1 unspecified atom stereocenters. The molecular weight excluding hydrogens is 287 g/mol. The number of nitrogens with two attached hydrogens (primary N) is 1. The molecule has 1 atom stereocenters. The van der Waals surface area contributed by atoms with Gasteiger partial charge >= 0.3 is 0 Å². The van der Waals surface area contributed by atoms with Crippen LogP contribution in [0.1, 0.15) is 19.4 Å². The number of carbonyl (C=O) groups excluding carboxylic acids is 1. The van der Waals surface area contributed by atoms with E-state index in [0.29, 0.717) is 35.3 Å². The van der Waals surface area contributed by atoms with E-state index >= 15 is 0 Å². The second kappa shape index (κ2) is 7.58. The minimum Gasteiger partial charge on any atom is -0.479 e. The number of nitrogens with one attached hydrogen (secondary N) is 1. The van der Waals surface area contributed by atoms with Gasteiger partial charge in [-0.25, -0.2) is 0 Å². The molecule has 106 valence electrons. The largest absolute Gasteiger partial charge is 0.479 e. The van der Waals surface area contributed by atoms with Crippen LogP contribution in [0.25, 0.3) is 0 Å². The first kappa shape index (κ1) is 16.1. The van der Waals surface area contributed by atoms with Gasteiger partial charge in [0.05, 0.1) is 5.02 Å². The highest BCUT2D eigenvalue weighted by Crippen LogP contribution is 2.33. The Morgan fingerprint density at radius 2 is 2.16 bits per heavy atom. The summed E-state index contributed by atoms with van der Waals surface area (Å²) in [6.45, 7) is 4.51. The minimum atomic E-state index is -0.629. The third kappa shape index (κ3) is 4.56. The van der Waals surface area contributed by atoms with Crippen LogP contribution in [-0.2, 0) is 11.2 Å². The topological polar surface area (TPSA) is 64.3 Å². The molecule has 0 aromatic heterocycles. The highest BCUT2D eigenvalue weighted by atomic mass is 35.5. The molecule has 0 saturated heterocycles. The summed E-state index contributed by atoms with van der Waals surface area (Å²) >= 11 is 12.1. The molecule has 0 aliphatic rings. The van der Waals surface area contributed by atoms with Crippen LogP contribution in [0.4, 0.5) is 0 Å². The van der Waals surface area contributed by atoms with Crippen LogP contribution in [0.5, 0.6) is 5.75 Å². The number of ether oxygens (including phenoxy) is 1. The summed E-state index contributed by atoms with van der Waals surface area (Å²) in [4.78, 5) is 11.7. The van der Waals surface area contributed by atoms with E-state index in [2.05, 4.69) is 5.32 Å². The number of hydrogen-bond acceptors (Lipinski definition) is 3. The van der Waals surface area contributed by atoms with Crippen LogP contribution < -0.4 is 15.8 Å². The van der Waals surface area contributed by atoms with Crippen molar-refractivity contribution in [3.05, 3.63) is 27.7 Å². The average molecular weight is 305 g/mol. The number of carbonyl (C=O) groups is 1. The number of likely N-dealkylation sites (N-methyl/N-ethyl adjacent to an activating group) is 1. The fourth-order valence-electron chi connectivity index (χ4n) is 1.64. The second-order valence-corrected chi connectivity index (χ2v) is 4.91. The van der Waals surface area contributed by atoms with Gasteiger partial charge in [-0.2, -0.15) is 0 Å². The Balaban J connectivity index is 2.95. The molecule has 0 fully saturated rings. The van der Waals surface area contributed by atoms with Crippen molar-refractivity contribution in [2.45, 2.75) is 26.4 Å². The Morgan fingerprint density at radius 1 is 1.47 bits per heavy atom. The van der Waals surface area contributed by atoms with E-state index in [1.54, 1.807) is 19.1 Å². The standard InChI is InChI=1S/C13H18Cl2N2O2/c1-3-17-13(18)8(2)19-12-9(4-5-16)6-10(14)7-11(12)15/h6-8H,3-5,16H2,1-2H3,(H,17,18). The predicted octanol–water partition coefficient (Wildman–Crippen LogP) is 2.40. The summed E-state index contributed by atoms with van der Waals surface area (Å²) < 4.78 is 5.64. The highest BCUT2D eigenvalue weighted by Gasteiger charge is 2.18. The summed E-state index contributed by atoms with van der Waals surface area (Å²) in [5.74, 6) is 0.280. The van der Waals surface area contributed by atoms with Gasteiger partial charge in [-0.1, -0.05) is 23.2 Å². The van der Waals surface area contributed by atoms with Crippen molar-refractivity contribution in [2.24, 2.45) is 5.73 Å². The Bertz CT molecular complexity index is 453. The lowest BCUT2D eigenvalue weighted by Gasteiger charge is -2.18. The molecule has 0 bridgehead atoms. The zero-order valence-corrected chi connectivity index (χ0v) is 12.5. The second-order valence-electron chi connectivity index (χ2n) is 4.07. The molecule has 0 aliphatic carbocycles. The summed E-state index contributed by atoms with van der Waals surface area (Å²) in [6.07, 6.45) is -0.0484. The van der Waals surface area contributed by atoms with Crippen LogP contribution in [-0.4, -0.2) is 25.1 Å². The van der Waals surface area contributed by atoms with E-state index in [1.165, 1.54) is 0 Å². The fourth-order valence-corrected chi connectivity index (χ4v) is 2.22. The number of rotatable bonds is 6. The lowest BCUT2D eigenvalue weighted by Crippen LogP contribution is -2.36. The Hall–Kier alpha value is -0.970. The maximum absolute atomic E-state index is 11.7. The summed E-state index contributed by atoms with van der Waals surface area (Å²) in [7, 11) is 0. The van der Waals surface area contributed by atoms with E-state index in [0.717, 1.165) is 5.56 Å². The van der Waals surface area contributed by atoms with Crippen molar-refractivity contribution in [3.63, 3.8) is 0 Å². The van der Waals surface area contributed by atoms with Gasteiger partial charge in [0.15, 0.2) is 6.10 Å². The lowest BCUT2D eigenvalue weighted by atomic mass is 10.1. The third-order valence-corrected chi connectivity index (χ3v) is 3.01. The first-order chi connectivity index (χ1) is 8.99. The molecular formula is C13H18Cl2N2O2. The van der Waals surface area contributed by atoms with Crippen molar-refractivity contribution < 1.29 is 9.53 Å². The molecule has 1 rings (SSSR count). The summed E-state index contributed by atoms with van der Waals surface area (Å²) in [5.41, 5.74) is 6.35. The first-order valence-electron chi connectivity index (χ1n) is 6.12. The minimum absolute atomic E-state index is 0.188. The van der Waals surface area contributed by atoms with Crippen molar-refractivity contribution in [3.8, 4) is 5.75 Å². The van der Waals surface area contributed by atoms with E-state index in [1.807, 2.05) is 6.92 Å². The Labute approximate surface area is 123 Å². The lowest BCUT2D eigenvalue weighted by molar-refractivity contribution is -0.127. The molecule has 6 heteroatoms.